The van der Waals surface area contributed by atoms with Crippen molar-refractivity contribution in [3.63, 3.8) is 0 Å². The van der Waals surface area contributed by atoms with Gasteiger partial charge in [-0.3, -0.25) is 4.79 Å². The van der Waals surface area contributed by atoms with Crippen LogP contribution < -0.4 is 19.0 Å². The van der Waals surface area contributed by atoms with Gasteiger partial charge in [-0.2, -0.15) is 4.99 Å². The Hall–Kier alpha value is -2.84. The SMILES string of the molecule is CCOCCn1c(=NC(=O)c2ccc(OC)cc2)sc2cc(OC)c(OC)cc21. The third-order valence-corrected chi connectivity index (χ3v) is 5.43. The average molecular weight is 416 g/mol. The minimum absolute atomic E-state index is 0.316. The number of methoxy groups -OCH3 is 3. The molecular weight excluding hydrogens is 392 g/mol. The molecule has 0 spiro atoms. The predicted molar refractivity (Wildman–Crippen MR) is 112 cm³/mol. The predicted octanol–water partition coefficient (Wildman–Crippen LogP) is 3.51. The summed E-state index contributed by atoms with van der Waals surface area (Å²) in [4.78, 5) is 17.7. The number of amides is 1. The molecule has 7 nitrogen and oxygen atoms in total. The summed E-state index contributed by atoms with van der Waals surface area (Å²) in [5.74, 6) is 1.62. The maximum Gasteiger partial charge on any atom is 0.279 e. The Labute approximate surface area is 173 Å². The van der Waals surface area contributed by atoms with Crippen molar-refractivity contribution in [3.05, 3.63) is 46.8 Å². The highest BCUT2D eigenvalue weighted by Crippen LogP contribution is 2.33. The fraction of sp³-hybridized carbons (Fsp3) is 0.333. The number of aromatic nitrogens is 1. The lowest BCUT2D eigenvalue weighted by Gasteiger charge is -2.09. The molecule has 0 saturated carbocycles. The molecule has 0 saturated heterocycles. The molecule has 0 aliphatic rings. The minimum Gasteiger partial charge on any atom is -0.497 e. The molecule has 0 fully saturated rings. The highest BCUT2D eigenvalue weighted by Gasteiger charge is 2.14. The number of hydrogen-bond donors (Lipinski definition) is 0. The quantitative estimate of drug-likeness (QED) is 0.526. The Morgan fingerprint density at radius 3 is 2.34 bits per heavy atom. The molecule has 3 rings (SSSR count). The van der Waals surface area contributed by atoms with Crippen molar-refractivity contribution in [2.24, 2.45) is 4.99 Å². The van der Waals surface area contributed by atoms with Crippen molar-refractivity contribution in [1.82, 2.24) is 4.57 Å². The summed E-state index contributed by atoms with van der Waals surface area (Å²) in [6.45, 7) is 3.65. The number of rotatable bonds is 8. The lowest BCUT2D eigenvalue weighted by molar-refractivity contribution is 0.0996. The normalized spacial score (nSPS) is 11.7. The monoisotopic (exact) mass is 416 g/mol. The Morgan fingerprint density at radius 2 is 1.72 bits per heavy atom. The zero-order valence-electron chi connectivity index (χ0n) is 16.9. The fourth-order valence-corrected chi connectivity index (χ4v) is 3.95. The van der Waals surface area contributed by atoms with Crippen LogP contribution in [0.2, 0.25) is 0 Å². The summed E-state index contributed by atoms with van der Waals surface area (Å²) < 4.78 is 24.4. The molecule has 0 aliphatic heterocycles. The van der Waals surface area contributed by atoms with Gasteiger partial charge in [0.25, 0.3) is 5.91 Å². The van der Waals surface area contributed by atoms with Gasteiger partial charge in [-0.1, -0.05) is 11.3 Å². The van der Waals surface area contributed by atoms with Crippen molar-refractivity contribution in [1.29, 1.82) is 0 Å². The third-order valence-electron chi connectivity index (χ3n) is 4.39. The number of carbonyl (C=O) groups is 1. The molecule has 0 N–H and O–H groups in total. The highest BCUT2D eigenvalue weighted by molar-refractivity contribution is 7.16. The number of carbonyl (C=O) groups excluding carboxylic acids is 1. The topological polar surface area (TPSA) is 71.3 Å². The zero-order chi connectivity index (χ0) is 20.8. The second-order valence-corrected chi connectivity index (χ2v) is 7.06. The van der Waals surface area contributed by atoms with Gasteiger partial charge in [-0.05, 0) is 31.2 Å². The summed E-state index contributed by atoms with van der Waals surface area (Å²) in [5, 5.41) is 0. The smallest absolute Gasteiger partial charge is 0.279 e. The van der Waals surface area contributed by atoms with Crippen LogP contribution in [0.15, 0.2) is 41.4 Å². The van der Waals surface area contributed by atoms with Gasteiger partial charge in [-0.25, -0.2) is 0 Å². The van der Waals surface area contributed by atoms with E-state index in [4.69, 9.17) is 18.9 Å². The van der Waals surface area contributed by atoms with E-state index in [1.165, 1.54) is 11.3 Å². The van der Waals surface area contributed by atoms with Crippen LogP contribution in [0.3, 0.4) is 0 Å². The molecule has 0 unspecified atom stereocenters. The summed E-state index contributed by atoms with van der Waals surface area (Å²) in [5.41, 5.74) is 1.41. The van der Waals surface area contributed by atoms with E-state index in [9.17, 15) is 4.79 Å². The molecule has 1 aromatic heterocycles. The Kier molecular flexibility index (Phi) is 6.90. The fourth-order valence-electron chi connectivity index (χ4n) is 2.88. The van der Waals surface area contributed by atoms with Crippen LogP contribution in [0, 0.1) is 0 Å². The van der Waals surface area contributed by atoms with Gasteiger partial charge < -0.3 is 23.5 Å². The lowest BCUT2D eigenvalue weighted by Crippen LogP contribution is -2.19. The Bertz CT molecular complexity index is 1050. The first kappa shape index (κ1) is 20.9. The Morgan fingerprint density at radius 1 is 1.03 bits per heavy atom. The summed E-state index contributed by atoms with van der Waals surface area (Å²) in [7, 11) is 4.78. The Balaban J connectivity index is 2.09. The van der Waals surface area contributed by atoms with Gasteiger partial charge in [-0.15, -0.1) is 0 Å². The minimum atomic E-state index is -0.316. The molecule has 3 aromatic rings. The summed E-state index contributed by atoms with van der Waals surface area (Å²) in [6, 6.07) is 10.7. The van der Waals surface area contributed by atoms with Crippen molar-refractivity contribution in [3.8, 4) is 17.2 Å². The van der Waals surface area contributed by atoms with Crippen molar-refractivity contribution in [2.45, 2.75) is 13.5 Å². The van der Waals surface area contributed by atoms with Crippen LogP contribution in [0.1, 0.15) is 17.3 Å². The first-order valence-electron chi connectivity index (χ1n) is 9.17. The molecule has 1 heterocycles. The molecule has 0 aliphatic carbocycles. The molecule has 8 heteroatoms. The molecule has 0 atom stereocenters. The van der Waals surface area contributed by atoms with Crippen molar-refractivity contribution < 1.29 is 23.7 Å². The molecule has 0 bridgehead atoms. The van der Waals surface area contributed by atoms with E-state index >= 15 is 0 Å². The highest BCUT2D eigenvalue weighted by atomic mass is 32.1. The van der Waals surface area contributed by atoms with Crippen molar-refractivity contribution >= 4 is 27.5 Å². The van der Waals surface area contributed by atoms with Gasteiger partial charge >= 0.3 is 0 Å². The number of thiazole rings is 1. The molecule has 29 heavy (non-hydrogen) atoms. The maximum absolute atomic E-state index is 12.7. The first-order chi connectivity index (χ1) is 14.1. The van der Waals surface area contributed by atoms with E-state index in [0.29, 0.717) is 47.4 Å². The standard InChI is InChI=1S/C21H24N2O5S/c1-5-28-11-10-23-16-12-17(26-3)18(27-4)13-19(16)29-21(23)22-20(24)14-6-8-15(25-2)9-7-14/h6-9,12-13H,5,10-11H2,1-4H3. The van der Waals surface area contributed by atoms with Crippen LogP contribution in [-0.4, -0.2) is 45.0 Å². The van der Waals surface area contributed by atoms with E-state index in [2.05, 4.69) is 4.99 Å². The van der Waals surface area contributed by atoms with Gasteiger partial charge in [0, 0.05) is 30.8 Å². The number of benzene rings is 2. The van der Waals surface area contributed by atoms with E-state index in [1.807, 2.05) is 23.6 Å². The molecule has 0 radical (unpaired) electrons. The summed E-state index contributed by atoms with van der Waals surface area (Å²) in [6.07, 6.45) is 0. The average Bonchev–Trinajstić information content (AvgIpc) is 3.08. The van der Waals surface area contributed by atoms with E-state index in [-0.39, 0.29) is 5.91 Å². The molecular formula is C21H24N2O5S. The molecule has 154 valence electrons. The van der Waals surface area contributed by atoms with E-state index in [0.717, 1.165) is 10.2 Å². The third kappa shape index (κ3) is 4.60. The van der Waals surface area contributed by atoms with Crippen LogP contribution in [0.4, 0.5) is 0 Å². The lowest BCUT2D eigenvalue weighted by atomic mass is 10.2. The van der Waals surface area contributed by atoms with Gasteiger partial charge in [0.1, 0.15) is 5.75 Å². The second kappa shape index (κ2) is 9.58. The number of nitrogens with zero attached hydrogens (tertiary/aromatic N) is 2. The van der Waals surface area contributed by atoms with Crippen LogP contribution in [0.5, 0.6) is 17.2 Å². The van der Waals surface area contributed by atoms with Crippen LogP contribution in [0.25, 0.3) is 10.2 Å². The van der Waals surface area contributed by atoms with Crippen LogP contribution >= 0.6 is 11.3 Å². The van der Waals surface area contributed by atoms with Gasteiger partial charge in [0.2, 0.25) is 0 Å². The number of fused-ring (bicyclic) bond motifs is 1. The maximum atomic E-state index is 12.7. The largest absolute Gasteiger partial charge is 0.497 e. The van der Waals surface area contributed by atoms with E-state index in [1.54, 1.807) is 45.6 Å². The van der Waals surface area contributed by atoms with Gasteiger partial charge in [0.15, 0.2) is 16.3 Å². The first-order valence-corrected chi connectivity index (χ1v) is 9.99. The van der Waals surface area contributed by atoms with E-state index < -0.39 is 0 Å². The van der Waals surface area contributed by atoms with Crippen molar-refractivity contribution in [2.75, 3.05) is 34.5 Å². The second-order valence-electron chi connectivity index (χ2n) is 6.05. The zero-order valence-corrected chi connectivity index (χ0v) is 17.7. The summed E-state index contributed by atoms with van der Waals surface area (Å²) >= 11 is 1.42. The molecule has 1 amide bonds. The molecule has 2 aromatic carbocycles. The number of hydrogen-bond acceptors (Lipinski definition) is 6. The van der Waals surface area contributed by atoms with Gasteiger partial charge in [0.05, 0.1) is 38.2 Å². The van der Waals surface area contributed by atoms with Crippen LogP contribution in [-0.2, 0) is 11.3 Å². The number of ether oxygens (including phenoxy) is 4.